The van der Waals surface area contributed by atoms with Crippen LogP contribution in [0.5, 0.6) is 0 Å². The number of hydrogen-bond acceptors (Lipinski definition) is 3. The van der Waals surface area contributed by atoms with Crippen LogP contribution < -0.4 is 5.32 Å². The first-order valence-corrected chi connectivity index (χ1v) is 6.41. The molecule has 8 heteroatoms. The molecule has 0 aliphatic carbocycles. The molecule has 1 aromatic rings. The molecule has 0 saturated carbocycles. The molecule has 1 amide bonds. The Morgan fingerprint density at radius 3 is 2.60 bits per heavy atom. The second kappa shape index (κ2) is 6.78. The first kappa shape index (κ1) is 16.6. The Hall–Kier alpha value is -1.50. The van der Waals surface area contributed by atoms with Gasteiger partial charge in [0.15, 0.2) is 0 Å². The number of hydrogen-bond donors (Lipinski definition) is 1. The molecule has 1 N–H and O–H groups in total. The van der Waals surface area contributed by atoms with Gasteiger partial charge in [-0.25, -0.2) is 4.98 Å². The van der Waals surface area contributed by atoms with E-state index in [1.165, 1.54) is 19.2 Å². The van der Waals surface area contributed by atoms with Crippen LogP contribution in [0.4, 0.5) is 19.0 Å². The third kappa shape index (κ3) is 4.56. The molecule has 112 valence electrons. The maximum absolute atomic E-state index is 12.4. The number of carbonyl (C=O) groups is 1. The summed E-state index contributed by atoms with van der Waals surface area (Å²) in [5, 5.41) is 2.90. The van der Waals surface area contributed by atoms with Crippen LogP contribution in [0.25, 0.3) is 0 Å². The van der Waals surface area contributed by atoms with E-state index in [1.807, 2.05) is 6.92 Å². The number of rotatable bonds is 5. The summed E-state index contributed by atoms with van der Waals surface area (Å²) in [5.41, 5.74) is 0.00344. The number of amides is 1. The van der Waals surface area contributed by atoms with Gasteiger partial charge in [0.2, 0.25) is 0 Å². The molecular formula is C12H15ClF3N3O. The Labute approximate surface area is 119 Å². The zero-order chi connectivity index (χ0) is 15.3. The van der Waals surface area contributed by atoms with Gasteiger partial charge in [-0.3, -0.25) is 4.79 Å². The van der Waals surface area contributed by atoms with E-state index in [2.05, 4.69) is 10.3 Å². The first-order chi connectivity index (χ1) is 9.28. The average molecular weight is 310 g/mol. The van der Waals surface area contributed by atoms with Gasteiger partial charge >= 0.3 is 6.18 Å². The third-order valence-corrected chi connectivity index (χ3v) is 2.78. The van der Waals surface area contributed by atoms with Crippen LogP contribution in [-0.4, -0.2) is 41.6 Å². The maximum atomic E-state index is 12.4. The van der Waals surface area contributed by atoms with E-state index >= 15 is 0 Å². The second-order valence-electron chi connectivity index (χ2n) is 4.01. The van der Waals surface area contributed by atoms with Crippen LogP contribution in [-0.2, 0) is 0 Å². The molecular weight excluding hydrogens is 295 g/mol. The highest BCUT2D eigenvalue weighted by Crippen LogP contribution is 2.22. The average Bonchev–Trinajstić information content (AvgIpc) is 2.36. The van der Waals surface area contributed by atoms with Crippen molar-refractivity contribution in [3.8, 4) is 0 Å². The summed E-state index contributed by atoms with van der Waals surface area (Å²) in [6.45, 7) is 2.51. The fourth-order valence-corrected chi connectivity index (χ4v) is 1.78. The minimum Gasteiger partial charge on any atom is -0.370 e. The van der Waals surface area contributed by atoms with Gasteiger partial charge in [-0.15, -0.1) is 0 Å². The molecule has 20 heavy (non-hydrogen) atoms. The lowest BCUT2D eigenvalue weighted by molar-refractivity contribution is -0.140. The zero-order valence-corrected chi connectivity index (χ0v) is 11.8. The zero-order valence-electron chi connectivity index (χ0n) is 11.1. The van der Waals surface area contributed by atoms with Crippen molar-refractivity contribution < 1.29 is 18.0 Å². The molecule has 1 rings (SSSR count). The number of nitrogens with one attached hydrogen (secondary N) is 1. The summed E-state index contributed by atoms with van der Waals surface area (Å²) in [6.07, 6.45) is -3.20. The Bertz CT molecular complexity index is 480. The van der Waals surface area contributed by atoms with Crippen LogP contribution in [0, 0.1) is 0 Å². The number of alkyl halides is 3. The lowest BCUT2D eigenvalue weighted by Crippen LogP contribution is -2.39. The summed E-state index contributed by atoms with van der Waals surface area (Å²) in [5.74, 6) is -0.375. The van der Waals surface area contributed by atoms with Crippen molar-refractivity contribution >= 4 is 23.3 Å². The smallest absolute Gasteiger partial charge is 0.370 e. The van der Waals surface area contributed by atoms with Gasteiger partial charge < -0.3 is 10.2 Å². The van der Waals surface area contributed by atoms with Gasteiger partial charge in [0, 0.05) is 19.3 Å². The van der Waals surface area contributed by atoms with Crippen LogP contribution in [0.15, 0.2) is 12.3 Å². The number of pyridine rings is 1. The molecule has 0 spiro atoms. The van der Waals surface area contributed by atoms with Crippen LogP contribution in [0.1, 0.15) is 24.2 Å². The van der Waals surface area contributed by atoms with Gasteiger partial charge in [0.05, 0.1) is 10.6 Å². The third-order valence-electron chi connectivity index (χ3n) is 2.48. The SMILES string of the molecule is CCNc1cc(C(=O)N(CC)CC(F)(F)F)c(Cl)cn1. The number of halogens is 4. The molecule has 0 aliphatic rings. The van der Waals surface area contributed by atoms with Crippen molar-refractivity contribution in [2.45, 2.75) is 20.0 Å². The number of anilines is 1. The minimum absolute atomic E-state index is 0.00344. The fraction of sp³-hybridized carbons (Fsp3) is 0.500. The molecule has 0 saturated heterocycles. The Morgan fingerprint density at radius 2 is 2.10 bits per heavy atom. The molecule has 0 aromatic carbocycles. The second-order valence-corrected chi connectivity index (χ2v) is 4.42. The van der Waals surface area contributed by atoms with Crippen molar-refractivity contribution in [1.29, 1.82) is 0 Å². The first-order valence-electron chi connectivity index (χ1n) is 6.04. The van der Waals surface area contributed by atoms with E-state index in [9.17, 15) is 18.0 Å². The Balaban J connectivity index is 3.02. The van der Waals surface area contributed by atoms with Crippen molar-refractivity contribution in [3.05, 3.63) is 22.8 Å². The molecule has 0 fully saturated rings. The Morgan fingerprint density at radius 1 is 1.45 bits per heavy atom. The lowest BCUT2D eigenvalue weighted by atomic mass is 10.2. The van der Waals surface area contributed by atoms with Crippen molar-refractivity contribution in [2.75, 3.05) is 25.0 Å². The van der Waals surface area contributed by atoms with Crippen LogP contribution >= 0.6 is 11.6 Å². The van der Waals surface area contributed by atoms with E-state index < -0.39 is 18.6 Å². The predicted molar refractivity (Wildman–Crippen MR) is 71.0 cm³/mol. The summed E-state index contributed by atoms with van der Waals surface area (Å²) < 4.78 is 37.3. The number of aromatic nitrogens is 1. The molecule has 0 atom stereocenters. The molecule has 0 radical (unpaired) electrons. The molecule has 4 nitrogen and oxygen atoms in total. The quantitative estimate of drug-likeness (QED) is 0.908. The normalized spacial score (nSPS) is 11.3. The topological polar surface area (TPSA) is 45.2 Å². The summed E-state index contributed by atoms with van der Waals surface area (Å²) >= 11 is 5.84. The van der Waals surface area contributed by atoms with Gasteiger partial charge in [-0.05, 0) is 19.9 Å². The van der Waals surface area contributed by atoms with Gasteiger partial charge in [0.25, 0.3) is 5.91 Å². The highest BCUT2D eigenvalue weighted by Gasteiger charge is 2.33. The van der Waals surface area contributed by atoms with Crippen molar-refractivity contribution in [1.82, 2.24) is 9.88 Å². The van der Waals surface area contributed by atoms with Gasteiger partial charge in [0.1, 0.15) is 12.4 Å². The molecule has 0 aliphatic heterocycles. The highest BCUT2D eigenvalue weighted by molar-refractivity contribution is 6.33. The molecule has 0 unspecified atom stereocenters. The molecule has 0 bridgehead atoms. The lowest BCUT2D eigenvalue weighted by Gasteiger charge is -2.23. The van der Waals surface area contributed by atoms with Gasteiger partial charge in [-0.1, -0.05) is 11.6 Å². The van der Waals surface area contributed by atoms with Crippen molar-refractivity contribution in [2.24, 2.45) is 0 Å². The summed E-state index contributed by atoms with van der Waals surface area (Å²) in [6, 6.07) is 1.35. The predicted octanol–water partition coefficient (Wildman–Crippen LogP) is 3.19. The monoisotopic (exact) mass is 309 g/mol. The van der Waals surface area contributed by atoms with E-state index in [4.69, 9.17) is 11.6 Å². The van der Waals surface area contributed by atoms with E-state index in [1.54, 1.807) is 0 Å². The van der Waals surface area contributed by atoms with Crippen LogP contribution in [0.2, 0.25) is 5.02 Å². The van der Waals surface area contributed by atoms with Gasteiger partial charge in [-0.2, -0.15) is 13.2 Å². The van der Waals surface area contributed by atoms with Crippen molar-refractivity contribution in [3.63, 3.8) is 0 Å². The summed E-state index contributed by atoms with van der Waals surface area (Å²) in [4.78, 5) is 16.7. The maximum Gasteiger partial charge on any atom is 0.406 e. The highest BCUT2D eigenvalue weighted by atomic mass is 35.5. The largest absolute Gasteiger partial charge is 0.406 e. The standard InChI is InChI=1S/C12H15ClF3N3O/c1-3-17-10-5-8(9(13)6-18-10)11(20)19(4-2)7-12(14,15)16/h5-6H,3-4,7H2,1-2H3,(H,17,18). The molecule has 1 heterocycles. The van der Waals surface area contributed by atoms with E-state index in [0.717, 1.165) is 0 Å². The van der Waals surface area contributed by atoms with E-state index in [-0.39, 0.29) is 17.1 Å². The fourth-order valence-electron chi connectivity index (χ4n) is 1.59. The minimum atomic E-state index is -4.45. The van der Waals surface area contributed by atoms with Crippen LogP contribution in [0.3, 0.4) is 0 Å². The number of carbonyl (C=O) groups excluding carboxylic acids is 1. The summed E-state index contributed by atoms with van der Waals surface area (Å²) in [7, 11) is 0. The van der Waals surface area contributed by atoms with E-state index in [0.29, 0.717) is 17.3 Å². The number of nitrogens with zero attached hydrogens (tertiary/aromatic N) is 2. The Kier molecular flexibility index (Phi) is 5.62. The molecule has 1 aromatic heterocycles.